The lowest BCUT2D eigenvalue weighted by Crippen LogP contribution is -2.24. The largest absolute Gasteiger partial charge is 0.441 e. The molecule has 0 radical (unpaired) electrons. The van der Waals surface area contributed by atoms with E-state index in [1.807, 2.05) is 0 Å². The molecule has 1 aromatic carbocycles. The fourth-order valence-corrected chi connectivity index (χ4v) is 8.43. The van der Waals surface area contributed by atoms with Gasteiger partial charge in [-0.25, -0.2) is 9.59 Å². The second kappa shape index (κ2) is 11.5. The van der Waals surface area contributed by atoms with Crippen molar-refractivity contribution in [1.82, 2.24) is 5.32 Å². The molecular weight excluding hydrogens is 406 g/mol. The van der Waals surface area contributed by atoms with Crippen LogP contribution in [0.25, 0.3) is 0 Å². The predicted octanol–water partition coefficient (Wildman–Crippen LogP) is 3.97. The van der Waals surface area contributed by atoms with Crippen molar-refractivity contribution >= 4 is 34.3 Å². The standard InChI is InChI=1S/C22H29NO4S2/c24-21-22(25)27-29(26-21)18-10-17-28-20(29)14-7-3-9-16-23-15-8-2-6-13-19-11-4-1-5-12-19/h1,4-5,11-12,20,23H,2,6-8,10,13-18H2. The van der Waals surface area contributed by atoms with Crippen LogP contribution in [-0.2, 0) is 24.4 Å². The molecule has 7 heteroatoms. The van der Waals surface area contributed by atoms with Crippen LogP contribution in [0.5, 0.6) is 0 Å². The van der Waals surface area contributed by atoms with Crippen LogP contribution in [0.15, 0.2) is 30.3 Å². The zero-order valence-electron chi connectivity index (χ0n) is 16.7. The molecule has 2 aliphatic rings. The maximum Gasteiger partial charge on any atom is 0.441 e. The third kappa shape index (κ3) is 6.70. The van der Waals surface area contributed by atoms with E-state index in [1.54, 1.807) is 11.8 Å². The molecule has 1 aromatic rings. The number of unbranched alkanes of at least 4 members (excludes halogenated alkanes) is 2. The van der Waals surface area contributed by atoms with Crippen molar-refractivity contribution in [3.05, 3.63) is 35.9 Å². The quantitative estimate of drug-likeness (QED) is 0.360. The van der Waals surface area contributed by atoms with Crippen LogP contribution in [0.2, 0.25) is 0 Å². The van der Waals surface area contributed by atoms with Crippen LogP contribution in [-0.4, -0.2) is 41.1 Å². The van der Waals surface area contributed by atoms with Gasteiger partial charge in [0.25, 0.3) is 0 Å². The summed E-state index contributed by atoms with van der Waals surface area (Å²) in [6.07, 6.45) is 7.17. The summed E-state index contributed by atoms with van der Waals surface area (Å²) in [5.74, 6) is 6.37. The number of carbonyl (C=O) groups excluding carboxylic acids is 2. The van der Waals surface area contributed by atoms with E-state index in [4.69, 9.17) is 8.37 Å². The molecule has 2 aliphatic heterocycles. The van der Waals surface area contributed by atoms with Gasteiger partial charge in [-0.05, 0) is 50.0 Å². The maximum atomic E-state index is 11.5. The first-order valence-corrected chi connectivity index (χ1v) is 13.0. The summed E-state index contributed by atoms with van der Waals surface area (Å²) in [5.41, 5.74) is 1.41. The van der Waals surface area contributed by atoms with E-state index in [-0.39, 0.29) is 4.58 Å². The van der Waals surface area contributed by atoms with Crippen LogP contribution in [0.4, 0.5) is 0 Å². The molecule has 2 fully saturated rings. The first kappa shape index (κ1) is 22.1. The van der Waals surface area contributed by atoms with Gasteiger partial charge in [0.2, 0.25) is 0 Å². The van der Waals surface area contributed by atoms with Gasteiger partial charge in [-0.15, -0.1) is 17.7 Å². The first-order chi connectivity index (χ1) is 14.2. The van der Waals surface area contributed by atoms with E-state index in [2.05, 4.69) is 47.5 Å². The first-order valence-electron chi connectivity index (χ1n) is 10.3. The lowest BCUT2D eigenvalue weighted by atomic mass is 10.1. The van der Waals surface area contributed by atoms with Gasteiger partial charge in [-0.1, -0.05) is 53.3 Å². The van der Waals surface area contributed by atoms with E-state index < -0.39 is 22.5 Å². The number of aryl methyl sites for hydroxylation is 1. The van der Waals surface area contributed by atoms with Gasteiger partial charge >= 0.3 is 11.9 Å². The molecule has 29 heavy (non-hydrogen) atoms. The number of carbonyl (C=O) groups is 2. The molecule has 1 N–H and O–H groups in total. The molecule has 1 atom stereocenters. The van der Waals surface area contributed by atoms with Gasteiger partial charge in [0.15, 0.2) is 0 Å². The van der Waals surface area contributed by atoms with Crippen LogP contribution >= 0.6 is 22.4 Å². The van der Waals surface area contributed by atoms with Crippen molar-refractivity contribution < 1.29 is 18.0 Å². The average Bonchev–Trinajstić information content (AvgIpc) is 3.02. The molecule has 1 unspecified atom stereocenters. The second-order valence-electron chi connectivity index (χ2n) is 7.13. The fourth-order valence-electron chi connectivity index (χ4n) is 3.40. The van der Waals surface area contributed by atoms with E-state index in [9.17, 15) is 9.59 Å². The van der Waals surface area contributed by atoms with Crippen LogP contribution in [0.1, 0.15) is 44.1 Å². The number of nitrogens with one attached hydrogen (secondary N) is 1. The molecule has 5 nitrogen and oxygen atoms in total. The Labute approximate surface area is 179 Å². The van der Waals surface area contributed by atoms with Crippen molar-refractivity contribution in [2.24, 2.45) is 0 Å². The summed E-state index contributed by atoms with van der Waals surface area (Å²) in [6.45, 7) is 1.68. The Morgan fingerprint density at radius 3 is 2.66 bits per heavy atom. The maximum absolute atomic E-state index is 11.5. The van der Waals surface area contributed by atoms with E-state index in [0.717, 1.165) is 44.4 Å². The van der Waals surface area contributed by atoms with Gasteiger partial charge in [0.05, 0.1) is 12.3 Å². The van der Waals surface area contributed by atoms with Gasteiger partial charge in [0, 0.05) is 6.42 Å². The normalized spacial score (nSPS) is 21.2. The molecule has 0 saturated carbocycles. The number of hydrogen-bond donors (Lipinski definition) is 1. The molecule has 2 heterocycles. The van der Waals surface area contributed by atoms with Crippen LogP contribution in [0, 0.1) is 11.8 Å². The molecule has 0 aromatic heterocycles. The topological polar surface area (TPSA) is 64.6 Å². The van der Waals surface area contributed by atoms with Crippen molar-refractivity contribution in [1.29, 1.82) is 0 Å². The zero-order chi connectivity index (χ0) is 20.4. The monoisotopic (exact) mass is 435 g/mol. The third-order valence-electron chi connectivity index (χ3n) is 4.88. The Morgan fingerprint density at radius 1 is 1.07 bits per heavy atom. The van der Waals surface area contributed by atoms with Gasteiger partial charge < -0.3 is 13.7 Å². The van der Waals surface area contributed by atoms with E-state index in [1.165, 1.54) is 18.4 Å². The molecule has 1 spiro atoms. The summed E-state index contributed by atoms with van der Waals surface area (Å²) in [4.78, 5) is 23.0. The smallest absolute Gasteiger partial charge is 0.333 e. The van der Waals surface area contributed by atoms with E-state index >= 15 is 0 Å². The summed E-state index contributed by atoms with van der Waals surface area (Å²) >= 11 is 1.74. The highest BCUT2D eigenvalue weighted by Gasteiger charge is 2.48. The lowest BCUT2D eigenvalue weighted by molar-refractivity contribution is -0.150. The zero-order valence-corrected chi connectivity index (χ0v) is 18.3. The Balaban J connectivity index is 1.25. The Hall–Kier alpha value is -1.62. The third-order valence-corrected chi connectivity index (χ3v) is 10.1. The average molecular weight is 436 g/mol. The number of thioether (sulfide) groups is 1. The molecule has 0 bridgehead atoms. The number of rotatable bonds is 9. The van der Waals surface area contributed by atoms with Gasteiger partial charge in [-0.3, -0.25) is 0 Å². The van der Waals surface area contributed by atoms with Gasteiger partial charge in [0.1, 0.15) is 4.58 Å². The highest BCUT2D eigenvalue weighted by molar-refractivity contribution is 8.35. The SMILES string of the molecule is O=C1OS2(CCCSC2CCC#CCNCCCCCc2ccccc2)OC1=O. The minimum Gasteiger partial charge on any atom is -0.333 e. The molecule has 158 valence electrons. The second-order valence-corrected chi connectivity index (χ2v) is 11.4. The summed E-state index contributed by atoms with van der Waals surface area (Å²) in [7, 11) is -2.05. The Bertz CT molecular complexity index is 728. The molecule has 0 aliphatic carbocycles. The Kier molecular flexibility index (Phi) is 8.78. The summed E-state index contributed by atoms with van der Waals surface area (Å²) < 4.78 is 10.8. The van der Waals surface area contributed by atoms with Gasteiger partial charge in [-0.2, -0.15) is 0 Å². The molecule has 2 saturated heterocycles. The lowest BCUT2D eigenvalue weighted by Gasteiger charge is -2.44. The molecule has 3 rings (SSSR count). The van der Waals surface area contributed by atoms with Crippen molar-refractivity contribution in [2.45, 2.75) is 49.5 Å². The predicted molar refractivity (Wildman–Crippen MR) is 119 cm³/mol. The number of hydrogen-bond acceptors (Lipinski definition) is 6. The van der Waals surface area contributed by atoms with Crippen molar-refractivity contribution in [3.8, 4) is 11.8 Å². The molecular formula is C22H29NO4S2. The van der Waals surface area contributed by atoms with Crippen LogP contribution in [0.3, 0.4) is 0 Å². The van der Waals surface area contributed by atoms with Crippen molar-refractivity contribution in [3.63, 3.8) is 0 Å². The van der Waals surface area contributed by atoms with E-state index in [0.29, 0.717) is 12.3 Å². The fraction of sp³-hybridized carbons (Fsp3) is 0.545. The Morgan fingerprint density at radius 2 is 1.86 bits per heavy atom. The minimum atomic E-state index is -2.05. The highest BCUT2D eigenvalue weighted by Crippen LogP contribution is 2.65. The summed E-state index contributed by atoms with van der Waals surface area (Å²) in [6, 6.07) is 10.6. The van der Waals surface area contributed by atoms with Crippen molar-refractivity contribution in [2.75, 3.05) is 24.6 Å². The van der Waals surface area contributed by atoms with Crippen LogP contribution < -0.4 is 5.32 Å². The summed E-state index contributed by atoms with van der Waals surface area (Å²) in [5, 5.41) is 3.37. The minimum absolute atomic E-state index is 0.0542. The highest BCUT2D eigenvalue weighted by atomic mass is 32.3. The molecule has 0 amide bonds. The number of benzene rings is 1.